The highest BCUT2D eigenvalue weighted by Crippen LogP contribution is 2.45. The molecule has 3 aliphatic rings. The Kier molecular flexibility index (Phi) is 13.3. The number of guanidine groups is 2. The maximum Gasteiger partial charge on any atom is 0.470 e. The zero-order valence-electron chi connectivity index (χ0n) is 25.3. The lowest BCUT2D eigenvalue weighted by Gasteiger charge is -2.47. The van der Waals surface area contributed by atoms with E-state index < -0.39 is 132 Å². The molecular formula is C21H43N7O18P2. The number of phosphoric acid groups is 2. The fourth-order valence-corrected chi connectivity index (χ4v) is 6.84. The van der Waals surface area contributed by atoms with Gasteiger partial charge in [-0.1, -0.05) is 0 Å². The molecule has 0 spiro atoms. The lowest BCUT2D eigenvalue weighted by atomic mass is 9.81. The average molecular weight is 744 g/mol. The van der Waals surface area contributed by atoms with E-state index in [1.165, 1.54) is 14.0 Å². The molecule has 0 bridgehead atoms. The number of aliphatic imine (C=N–C) groups is 2. The standard InChI is InChI=1S/C21H43N7O18P2/c1-5-21(34,4-30)16(44-17-9(26-2)15(46-48(38,39)40)10(31)6(3-29)42-17)18(41-5)43-13-7(27-19(22)23)11(32)8(28-20(24)25)14(12(13)33)45-47(35,36)37/h5-18,26,29-34H,3-4H2,1-2H3,(H4,22,23,27)(H4,24,25,28)(H2,35,36,37)(H2,38,39,40). The molecule has 0 aromatic heterocycles. The number of likely N-dealkylation sites (N-methyl/N-ethyl adjacent to an activating group) is 1. The van der Waals surface area contributed by atoms with Crippen molar-refractivity contribution >= 4 is 27.6 Å². The predicted molar refractivity (Wildman–Crippen MR) is 156 cm³/mol. The van der Waals surface area contributed by atoms with Gasteiger partial charge < -0.3 is 97.4 Å². The molecule has 48 heavy (non-hydrogen) atoms. The number of nitrogens with one attached hydrogen (secondary N) is 1. The molecule has 0 amide bonds. The molecule has 25 nitrogen and oxygen atoms in total. The second kappa shape index (κ2) is 15.7. The van der Waals surface area contributed by atoms with Crippen molar-refractivity contribution in [1.29, 1.82) is 0 Å². The SMILES string of the molecule is CNC1C(OC2C(OC3C(O)C(OP(=O)(O)O)C(N=C(N)N)C(O)C3N=C(N)N)OC(C)C2(O)CO)OC(CO)C(O)C1OP(=O)(O)O. The largest absolute Gasteiger partial charge is 0.470 e. The summed E-state index contributed by atoms with van der Waals surface area (Å²) in [4.78, 5) is 45.5. The third kappa shape index (κ3) is 9.15. The van der Waals surface area contributed by atoms with Crippen molar-refractivity contribution in [3.63, 3.8) is 0 Å². The Morgan fingerprint density at radius 3 is 1.79 bits per heavy atom. The maximum atomic E-state index is 11.8. The molecule has 1 aliphatic carbocycles. The van der Waals surface area contributed by atoms with Crippen LogP contribution in [0.25, 0.3) is 0 Å². The Bertz CT molecular complexity index is 1250. The van der Waals surface area contributed by atoms with E-state index in [9.17, 15) is 59.3 Å². The number of phosphoric ester groups is 2. The summed E-state index contributed by atoms with van der Waals surface area (Å²) in [5.41, 5.74) is 19.5. The highest BCUT2D eigenvalue weighted by atomic mass is 31.2. The van der Waals surface area contributed by atoms with Crippen LogP contribution in [0, 0.1) is 0 Å². The molecule has 3 fully saturated rings. The van der Waals surface area contributed by atoms with Crippen molar-refractivity contribution < 1.29 is 87.3 Å². The summed E-state index contributed by atoms with van der Waals surface area (Å²) in [5.74, 6) is -1.36. The molecular weight excluding hydrogens is 700 g/mol. The van der Waals surface area contributed by atoms with E-state index in [0.29, 0.717) is 0 Å². The average Bonchev–Trinajstić information content (AvgIpc) is 3.19. The Labute approximate surface area is 271 Å². The second-order valence-electron chi connectivity index (χ2n) is 11.2. The van der Waals surface area contributed by atoms with E-state index in [1.807, 2.05) is 0 Å². The third-order valence-corrected chi connectivity index (χ3v) is 8.99. The van der Waals surface area contributed by atoms with E-state index in [1.54, 1.807) is 0 Å². The minimum atomic E-state index is -5.43. The summed E-state index contributed by atoms with van der Waals surface area (Å²) >= 11 is 0. The Morgan fingerprint density at radius 1 is 0.812 bits per heavy atom. The van der Waals surface area contributed by atoms with Crippen molar-refractivity contribution in [2.45, 2.75) is 98.2 Å². The highest BCUT2D eigenvalue weighted by molar-refractivity contribution is 7.46. The first kappa shape index (κ1) is 40.7. The first-order valence-electron chi connectivity index (χ1n) is 14.0. The Balaban J connectivity index is 2.07. The zero-order valence-corrected chi connectivity index (χ0v) is 27.1. The van der Waals surface area contributed by atoms with Crippen LogP contribution in [0.3, 0.4) is 0 Å². The van der Waals surface area contributed by atoms with Crippen LogP contribution in [0.2, 0.25) is 0 Å². The lowest BCUT2D eigenvalue weighted by molar-refractivity contribution is -0.316. The summed E-state index contributed by atoms with van der Waals surface area (Å²) < 4.78 is 56.1. The van der Waals surface area contributed by atoms with Crippen LogP contribution >= 0.6 is 15.6 Å². The quantitative estimate of drug-likeness (QED) is 0.0473. The van der Waals surface area contributed by atoms with E-state index in [2.05, 4.69) is 15.3 Å². The number of aliphatic hydroxyl groups is 6. The van der Waals surface area contributed by atoms with Gasteiger partial charge in [-0.3, -0.25) is 9.05 Å². The van der Waals surface area contributed by atoms with Gasteiger partial charge >= 0.3 is 15.6 Å². The highest BCUT2D eigenvalue weighted by Gasteiger charge is 2.61. The predicted octanol–water partition coefficient (Wildman–Crippen LogP) is -8.13. The summed E-state index contributed by atoms with van der Waals surface area (Å²) in [6.45, 7) is -0.736. The van der Waals surface area contributed by atoms with Crippen LogP contribution in [0.4, 0.5) is 0 Å². The number of ether oxygens (including phenoxy) is 4. The van der Waals surface area contributed by atoms with Gasteiger partial charge in [0.05, 0.1) is 25.4 Å². The lowest BCUT2D eigenvalue weighted by Crippen LogP contribution is -2.67. The van der Waals surface area contributed by atoms with Gasteiger partial charge in [-0.2, -0.15) is 0 Å². The normalized spacial score (nSPS) is 42.3. The van der Waals surface area contributed by atoms with Crippen molar-refractivity contribution in [2.24, 2.45) is 32.9 Å². The molecule has 0 radical (unpaired) electrons. The smallest absolute Gasteiger partial charge is 0.394 e. The van der Waals surface area contributed by atoms with Crippen molar-refractivity contribution in [1.82, 2.24) is 5.32 Å². The molecule has 1 saturated carbocycles. The molecule has 15 atom stereocenters. The molecule has 19 N–H and O–H groups in total. The molecule has 15 unspecified atom stereocenters. The molecule has 3 rings (SSSR count). The van der Waals surface area contributed by atoms with Gasteiger partial charge in [0.2, 0.25) is 0 Å². The van der Waals surface area contributed by atoms with Crippen molar-refractivity contribution in [3.05, 3.63) is 0 Å². The third-order valence-electron chi connectivity index (χ3n) is 7.95. The second-order valence-corrected chi connectivity index (χ2v) is 13.6. The van der Waals surface area contributed by atoms with E-state index in [-0.39, 0.29) is 0 Å². The van der Waals surface area contributed by atoms with Gasteiger partial charge in [-0.05, 0) is 14.0 Å². The summed E-state index contributed by atoms with van der Waals surface area (Å²) in [5, 5.41) is 67.2. The van der Waals surface area contributed by atoms with Gasteiger partial charge in [0, 0.05) is 0 Å². The fourth-order valence-electron chi connectivity index (χ4n) is 5.70. The summed E-state index contributed by atoms with van der Waals surface area (Å²) in [6, 6.07) is -4.98. The van der Waals surface area contributed by atoms with Crippen LogP contribution in [0.5, 0.6) is 0 Å². The number of hydrogen-bond acceptors (Lipinski definition) is 17. The molecule has 0 aromatic carbocycles. The fraction of sp³-hybridized carbons (Fsp3) is 0.905. The molecule has 0 aromatic rings. The van der Waals surface area contributed by atoms with Crippen LogP contribution < -0.4 is 28.3 Å². The first-order valence-corrected chi connectivity index (χ1v) is 17.1. The van der Waals surface area contributed by atoms with E-state index >= 15 is 0 Å². The zero-order chi connectivity index (χ0) is 36.5. The molecule has 27 heteroatoms. The van der Waals surface area contributed by atoms with Gasteiger partial charge in [0.1, 0.15) is 66.5 Å². The number of aliphatic hydroxyl groups excluding tert-OH is 5. The van der Waals surface area contributed by atoms with Crippen LogP contribution in [0.15, 0.2) is 9.98 Å². The van der Waals surface area contributed by atoms with E-state index in [0.717, 1.165) is 0 Å². The van der Waals surface area contributed by atoms with Gasteiger partial charge in [0.25, 0.3) is 0 Å². The number of nitrogens with two attached hydrogens (primary N) is 4. The molecule has 2 heterocycles. The van der Waals surface area contributed by atoms with Gasteiger partial charge in [-0.25, -0.2) is 19.1 Å². The minimum absolute atomic E-state index is 0.671. The Morgan fingerprint density at radius 2 is 1.33 bits per heavy atom. The number of nitrogens with zero attached hydrogens (tertiary/aromatic N) is 2. The minimum Gasteiger partial charge on any atom is -0.394 e. The van der Waals surface area contributed by atoms with Crippen LogP contribution in [-0.2, 0) is 37.1 Å². The number of rotatable bonds is 13. The van der Waals surface area contributed by atoms with Gasteiger partial charge in [-0.15, -0.1) is 0 Å². The summed E-state index contributed by atoms with van der Waals surface area (Å²) in [7, 11) is -9.44. The topological polar surface area (TPSA) is 433 Å². The number of hydrogen-bond donors (Lipinski definition) is 15. The molecule has 2 saturated heterocycles. The monoisotopic (exact) mass is 743 g/mol. The van der Waals surface area contributed by atoms with Crippen molar-refractivity contribution in [3.8, 4) is 0 Å². The van der Waals surface area contributed by atoms with E-state index in [4.69, 9.17) is 50.9 Å². The van der Waals surface area contributed by atoms with Crippen molar-refractivity contribution in [2.75, 3.05) is 20.3 Å². The first-order chi connectivity index (χ1) is 22.1. The van der Waals surface area contributed by atoms with Crippen LogP contribution in [0.1, 0.15) is 6.92 Å². The molecule has 2 aliphatic heterocycles. The Hall–Kier alpha value is -1.68. The molecule has 280 valence electrons. The van der Waals surface area contributed by atoms with Crippen LogP contribution in [-0.4, -0.2) is 174 Å². The van der Waals surface area contributed by atoms with Gasteiger partial charge in [0.15, 0.2) is 24.5 Å². The maximum absolute atomic E-state index is 11.8. The summed E-state index contributed by atoms with van der Waals surface area (Å²) in [6.07, 6.45) is -20.3.